The zero-order valence-electron chi connectivity index (χ0n) is 12.5. The quantitative estimate of drug-likeness (QED) is 0.552. The highest BCUT2D eigenvalue weighted by Gasteiger charge is 2.19. The van der Waals surface area contributed by atoms with E-state index in [1.54, 1.807) is 30.3 Å². The molecular weight excluding hydrogens is 388 g/mol. The van der Waals surface area contributed by atoms with E-state index in [2.05, 4.69) is 25.9 Å². The number of rotatable bonds is 3. The van der Waals surface area contributed by atoms with Gasteiger partial charge in [-0.25, -0.2) is 13.4 Å². The maximum atomic E-state index is 12.6. The number of para-hydroxylation sites is 1. The van der Waals surface area contributed by atoms with Crippen LogP contribution in [0.25, 0.3) is 21.9 Å². The summed E-state index contributed by atoms with van der Waals surface area (Å²) < 4.78 is 25.9. The molecule has 0 aliphatic heterocycles. The summed E-state index contributed by atoms with van der Waals surface area (Å²) in [7, 11) is -3.44. The number of sulfone groups is 1. The SMILES string of the molecule is O=S(=O)(Cc1nc2[nH]c3ccccc3c2cc1Br)c1ccccc1. The Bertz CT molecular complexity index is 1150. The summed E-state index contributed by atoms with van der Waals surface area (Å²) in [5, 5.41) is 2.04. The predicted molar refractivity (Wildman–Crippen MR) is 98.6 cm³/mol. The van der Waals surface area contributed by atoms with Gasteiger partial charge in [0.25, 0.3) is 0 Å². The minimum atomic E-state index is -3.44. The summed E-state index contributed by atoms with van der Waals surface area (Å²) in [4.78, 5) is 8.09. The van der Waals surface area contributed by atoms with Gasteiger partial charge in [-0.15, -0.1) is 0 Å². The Kier molecular flexibility index (Phi) is 3.66. The maximum Gasteiger partial charge on any atom is 0.184 e. The molecule has 24 heavy (non-hydrogen) atoms. The minimum absolute atomic E-state index is 0.150. The van der Waals surface area contributed by atoms with E-state index in [-0.39, 0.29) is 5.75 Å². The van der Waals surface area contributed by atoms with E-state index >= 15 is 0 Å². The molecule has 0 atom stereocenters. The average molecular weight is 401 g/mol. The molecule has 0 spiro atoms. The molecule has 0 fully saturated rings. The van der Waals surface area contributed by atoms with Gasteiger partial charge in [-0.05, 0) is 40.2 Å². The van der Waals surface area contributed by atoms with Gasteiger partial charge in [-0.1, -0.05) is 36.4 Å². The number of benzene rings is 2. The average Bonchev–Trinajstić information content (AvgIpc) is 2.93. The van der Waals surface area contributed by atoms with Crippen LogP contribution in [0.1, 0.15) is 5.69 Å². The van der Waals surface area contributed by atoms with Crippen LogP contribution in [-0.2, 0) is 15.6 Å². The molecule has 0 aliphatic carbocycles. The molecule has 0 amide bonds. The van der Waals surface area contributed by atoms with Crippen LogP contribution in [0.15, 0.2) is 70.0 Å². The second-order valence-corrected chi connectivity index (χ2v) is 8.40. The van der Waals surface area contributed by atoms with Crippen molar-refractivity contribution < 1.29 is 8.42 Å². The number of H-pyrrole nitrogens is 1. The molecule has 0 saturated heterocycles. The van der Waals surface area contributed by atoms with Gasteiger partial charge in [0, 0.05) is 20.8 Å². The van der Waals surface area contributed by atoms with Crippen molar-refractivity contribution in [2.45, 2.75) is 10.6 Å². The molecule has 0 bridgehead atoms. The molecule has 6 heteroatoms. The Labute approximate surface area is 147 Å². The molecule has 4 aromatic rings. The summed E-state index contributed by atoms with van der Waals surface area (Å²) in [6.45, 7) is 0. The van der Waals surface area contributed by atoms with Crippen LogP contribution in [-0.4, -0.2) is 18.4 Å². The number of pyridine rings is 1. The van der Waals surface area contributed by atoms with Gasteiger partial charge in [-0.3, -0.25) is 0 Å². The molecular formula is C18H13BrN2O2S. The van der Waals surface area contributed by atoms with Crippen LogP contribution in [0, 0.1) is 0 Å². The normalized spacial score (nSPS) is 12.0. The maximum absolute atomic E-state index is 12.6. The topological polar surface area (TPSA) is 62.8 Å². The zero-order valence-corrected chi connectivity index (χ0v) is 14.9. The number of hydrogen-bond acceptors (Lipinski definition) is 3. The highest BCUT2D eigenvalue weighted by Crippen LogP contribution is 2.29. The van der Waals surface area contributed by atoms with Crippen molar-refractivity contribution >= 4 is 47.7 Å². The largest absolute Gasteiger partial charge is 0.339 e. The first-order valence-corrected chi connectivity index (χ1v) is 9.83. The summed E-state index contributed by atoms with van der Waals surface area (Å²) in [6.07, 6.45) is 0. The number of hydrogen-bond donors (Lipinski definition) is 1. The van der Waals surface area contributed by atoms with Crippen molar-refractivity contribution in [3.8, 4) is 0 Å². The Balaban J connectivity index is 1.83. The van der Waals surface area contributed by atoms with Gasteiger partial charge in [-0.2, -0.15) is 0 Å². The molecule has 0 unspecified atom stereocenters. The second-order valence-electron chi connectivity index (χ2n) is 5.56. The van der Waals surface area contributed by atoms with Gasteiger partial charge >= 0.3 is 0 Å². The zero-order chi connectivity index (χ0) is 16.7. The highest BCUT2D eigenvalue weighted by atomic mass is 79.9. The Morgan fingerprint density at radius 1 is 0.958 bits per heavy atom. The van der Waals surface area contributed by atoms with Gasteiger partial charge in [0.15, 0.2) is 9.84 Å². The van der Waals surface area contributed by atoms with Crippen molar-refractivity contribution in [2.75, 3.05) is 0 Å². The number of halogens is 1. The van der Waals surface area contributed by atoms with Gasteiger partial charge in [0.1, 0.15) is 5.65 Å². The lowest BCUT2D eigenvalue weighted by molar-refractivity contribution is 0.594. The predicted octanol–water partition coefficient (Wildman–Crippen LogP) is 4.45. The highest BCUT2D eigenvalue weighted by molar-refractivity contribution is 9.10. The van der Waals surface area contributed by atoms with Crippen molar-refractivity contribution in [2.24, 2.45) is 0 Å². The molecule has 2 heterocycles. The molecule has 0 aliphatic rings. The third-order valence-corrected chi connectivity index (χ3v) is 6.28. The number of aromatic nitrogens is 2. The lowest BCUT2D eigenvalue weighted by Crippen LogP contribution is -2.07. The molecule has 120 valence electrons. The summed E-state index contributed by atoms with van der Waals surface area (Å²) in [5.41, 5.74) is 2.17. The lowest BCUT2D eigenvalue weighted by Gasteiger charge is -2.06. The molecule has 4 rings (SSSR count). The standard InChI is InChI=1S/C18H13BrN2O2S/c19-15-10-14-13-8-4-5-9-16(13)20-18(14)21-17(15)11-24(22,23)12-6-2-1-3-7-12/h1-10H,11H2,(H,20,21). The third kappa shape index (κ3) is 2.61. The first-order valence-electron chi connectivity index (χ1n) is 7.38. The smallest absolute Gasteiger partial charge is 0.184 e. The summed E-state index contributed by atoms with van der Waals surface area (Å²) in [6, 6.07) is 18.3. The second kappa shape index (κ2) is 5.72. The molecule has 1 N–H and O–H groups in total. The Hall–Kier alpha value is -2.18. The molecule has 4 nitrogen and oxygen atoms in total. The van der Waals surface area contributed by atoms with Crippen LogP contribution in [0.4, 0.5) is 0 Å². The Morgan fingerprint density at radius 2 is 1.67 bits per heavy atom. The summed E-state index contributed by atoms with van der Waals surface area (Å²) in [5.74, 6) is -0.150. The van der Waals surface area contributed by atoms with E-state index in [1.807, 2.05) is 30.3 Å². The fraction of sp³-hybridized carbons (Fsp3) is 0.0556. The first kappa shape index (κ1) is 15.4. The van der Waals surface area contributed by atoms with E-state index in [9.17, 15) is 8.42 Å². The molecule has 0 radical (unpaired) electrons. The number of fused-ring (bicyclic) bond motifs is 3. The first-order chi connectivity index (χ1) is 11.5. The van der Waals surface area contributed by atoms with Crippen LogP contribution in [0.3, 0.4) is 0 Å². The Morgan fingerprint density at radius 3 is 2.46 bits per heavy atom. The lowest BCUT2D eigenvalue weighted by atomic mass is 10.2. The number of nitrogens with one attached hydrogen (secondary N) is 1. The van der Waals surface area contributed by atoms with E-state index < -0.39 is 9.84 Å². The van der Waals surface area contributed by atoms with E-state index in [4.69, 9.17) is 0 Å². The van der Waals surface area contributed by atoms with Gasteiger partial charge in [0.2, 0.25) is 0 Å². The monoisotopic (exact) mass is 400 g/mol. The summed E-state index contributed by atoms with van der Waals surface area (Å²) >= 11 is 3.47. The van der Waals surface area contributed by atoms with Gasteiger partial charge in [0.05, 0.1) is 16.3 Å². The molecule has 2 aromatic carbocycles. The van der Waals surface area contributed by atoms with E-state index in [1.165, 1.54) is 0 Å². The third-order valence-electron chi connectivity index (χ3n) is 3.95. The molecule has 0 saturated carbocycles. The van der Waals surface area contributed by atoms with Crippen LogP contribution < -0.4 is 0 Å². The van der Waals surface area contributed by atoms with Crippen molar-refractivity contribution in [3.05, 3.63) is 70.8 Å². The number of nitrogens with zero attached hydrogens (tertiary/aromatic N) is 1. The van der Waals surface area contributed by atoms with Crippen molar-refractivity contribution in [3.63, 3.8) is 0 Å². The molecule has 2 aromatic heterocycles. The van der Waals surface area contributed by atoms with Crippen LogP contribution in [0.2, 0.25) is 0 Å². The number of aromatic amines is 1. The van der Waals surface area contributed by atoms with Crippen LogP contribution in [0.5, 0.6) is 0 Å². The van der Waals surface area contributed by atoms with Gasteiger partial charge < -0.3 is 4.98 Å². The fourth-order valence-corrected chi connectivity index (χ4v) is 4.74. The van der Waals surface area contributed by atoms with Crippen molar-refractivity contribution in [1.82, 2.24) is 9.97 Å². The van der Waals surface area contributed by atoms with Crippen molar-refractivity contribution in [1.29, 1.82) is 0 Å². The van der Waals surface area contributed by atoms with E-state index in [0.717, 1.165) is 16.3 Å². The fourth-order valence-electron chi connectivity index (χ4n) is 2.77. The minimum Gasteiger partial charge on any atom is -0.339 e. The van der Waals surface area contributed by atoms with E-state index in [0.29, 0.717) is 20.7 Å². The van der Waals surface area contributed by atoms with Crippen LogP contribution >= 0.6 is 15.9 Å².